The smallest absolute Gasteiger partial charge is 0.326 e. The fourth-order valence-corrected chi connectivity index (χ4v) is 4.63. The molecule has 2 aromatic rings. The number of nitrogens with zero attached hydrogens (tertiary/aromatic N) is 2. The van der Waals surface area contributed by atoms with E-state index in [-0.39, 0.29) is 30.3 Å². The lowest BCUT2D eigenvalue weighted by molar-refractivity contribution is -0.137. The molecule has 3 rings (SSSR count). The lowest BCUT2D eigenvalue weighted by Crippen LogP contribution is -2.49. The molecule has 1 fully saturated rings. The van der Waals surface area contributed by atoms with Crippen molar-refractivity contribution < 1.29 is 30.8 Å². The van der Waals surface area contributed by atoms with E-state index in [0.717, 1.165) is 24.3 Å². The standard InChI is InChI=1S/C20H21F4N3O3S/c21-16-2-1-3-17(14-16)25-19(28)8-9-26-10-12-27(13-11-26)31(29,30)18-6-4-15(5-7-18)20(22,23)24/h1-7,14H,8-13H2,(H,25,28). The number of hydrogen-bond acceptors (Lipinski definition) is 4. The Labute approximate surface area is 177 Å². The molecule has 0 spiro atoms. The highest BCUT2D eigenvalue weighted by Crippen LogP contribution is 2.30. The molecule has 0 aliphatic carbocycles. The van der Waals surface area contributed by atoms with Crippen molar-refractivity contribution in [2.45, 2.75) is 17.5 Å². The molecular weight excluding hydrogens is 438 g/mol. The normalized spacial score (nSPS) is 16.3. The minimum Gasteiger partial charge on any atom is -0.326 e. The van der Waals surface area contributed by atoms with Crippen molar-refractivity contribution in [3.05, 3.63) is 59.9 Å². The summed E-state index contributed by atoms with van der Waals surface area (Å²) in [5, 5.41) is 2.60. The molecule has 168 valence electrons. The number of nitrogens with one attached hydrogen (secondary N) is 1. The van der Waals surface area contributed by atoms with Crippen molar-refractivity contribution in [3.8, 4) is 0 Å². The zero-order valence-electron chi connectivity index (χ0n) is 16.4. The second-order valence-electron chi connectivity index (χ2n) is 7.08. The quantitative estimate of drug-likeness (QED) is 0.674. The van der Waals surface area contributed by atoms with Gasteiger partial charge >= 0.3 is 6.18 Å². The summed E-state index contributed by atoms with van der Waals surface area (Å²) < 4.78 is 77.8. The SMILES string of the molecule is O=C(CCN1CCN(S(=O)(=O)c2ccc(C(F)(F)F)cc2)CC1)Nc1cccc(F)c1. The summed E-state index contributed by atoms with van der Waals surface area (Å²) >= 11 is 0. The summed E-state index contributed by atoms with van der Waals surface area (Å²) in [5.74, 6) is -0.742. The minimum atomic E-state index is -4.53. The zero-order chi connectivity index (χ0) is 22.6. The summed E-state index contributed by atoms with van der Waals surface area (Å²) in [6, 6.07) is 8.97. The van der Waals surface area contributed by atoms with Crippen LogP contribution in [0.5, 0.6) is 0 Å². The molecule has 0 aromatic heterocycles. The molecule has 0 bridgehead atoms. The van der Waals surface area contributed by atoms with E-state index in [1.807, 2.05) is 4.90 Å². The Kier molecular flexibility index (Phi) is 6.97. The number of anilines is 1. The fourth-order valence-electron chi connectivity index (χ4n) is 3.21. The average Bonchev–Trinajstić information content (AvgIpc) is 2.72. The number of halogens is 4. The first-order valence-electron chi connectivity index (χ1n) is 9.51. The van der Waals surface area contributed by atoms with E-state index >= 15 is 0 Å². The molecule has 2 aromatic carbocycles. The van der Waals surface area contributed by atoms with Gasteiger partial charge in [-0.05, 0) is 42.5 Å². The van der Waals surface area contributed by atoms with Gasteiger partial charge < -0.3 is 10.2 Å². The maximum Gasteiger partial charge on any atom is 0.416 e. The Bertz CT molecular complexity index is 1020. The van der Waals surface area contributed by atoms with Gasteiger partial charge in [0.2, 0.25) is 15.9 Å². The summed E-state index contributed by atoms with van der Waals surface area (Å²) in [4.78, 5) is 13.8. The first kappa shape index (κ1) is 23.2. The summed E-state index contributed by atoms with van der Waals surface area (Å²) in [7, 11) is -3.90. The molecule has 1 saturated heterocycles. The van der Waals surface area contributed by atoms with Gasteiger partial charge in [-0.15, -0.1) is 0 Å². The van der Waals surface area contributed by atoms with Crippen molar-refractivity contribution >= 4 is 21.6 Å². The molecule has 0 saturated carbocycles. The van der Waals surface area contributed by atoms with Gasteiger partial charge in [0.15, 0.2) is 0 Å². The van der Waals surface area contributed by atoms with Crippen LogP contribution < -0.4 is 5.32 Å². The number of carbonyl (C=O) groups is 1. The number of benzene rings is 2. The molecule has 0 unspecified atom stereocenters. The second kappa shape index (κ2) is 9.33. The van der Waals surface area contributed by atoms with Crippen LogP contribution in [-0.4, -0.2) is 56.3 Å². The molecule has 0 radical (unpaired) electrons. The number of piperazine rings is 1. The number of rotatable bonds is 6. The van der Waals surface area contributed by atoms with Crippen LogP contribution in [0, 0.1) is 5.82 Å². The van der Waals surface area contributed by atoms with Crippen molar-refractivity contribution in [1.29, 1.82) is 0 Å². The Morgan fingerprint density at radius 1 is 1.00 bits per heavy atom. The van der Waals surface area contributed by atoms with Crippen LogP contribution >= 0.6 is 0 Å². The van der Waals surface area contributed by atoms with Crippen molar-refractivity contribution in [1.82, 2.24) is 9.21 Å². The number of hydrogen-bond donors (Lipinski definition) is 1. The van der Waals surface area contributed by atoms with Gasteiger partial charge in [0.25, 0.3) is 0 Å². The summed E-state index contributed by atoms with van der Waals surface area (Å²) in [5.41, 5.74) is -0.551. The minimum absolute atomic E-state index is 0.155. The Morgan fingerprint density at radius 2 is 1.65 bits per heavy atom. The molecule has 1 heterocycles. The number of sulfonamides is 1. The fraction of sp³-hybridized carbons (Fsp3) is 0.350. The van der Waals surface area contributed by atoms with Crippen LogP contribution in [0.2, 0.25) is 0 Å². The molecule has 6 nitrogen and oxygen atoms in total. The van der Waals surface area contributed by atoms with Crippen molar-refractivity contribution in [2.75, 3.05) is 38.0 Å². The maximum absolute atomic E-state index is 13.2. The average molecular weight is 459 g/mol. The van der Waals surface area contributed by atoms with Gasteiger partial charge in [-0.2, -0.15) is 17.5 Å². The third-order valence-electron chi connectivity index (χ3n) is 4.91. The highest BCUT2D eigenvalue weighted by atomic mass is 32.2. The zero-order valence-corrected chi connectivity index (χ0v) is 17.2. The van der Waals surface area contributed by atoms with Crippen LogP contribution in [0.4, 0.5) is 23.2 Å². The maximum atomic E-state index is 13.2. The molecule has 1 N–H and O–H groups in total. The van der Waals surface area contributed by atoms with E-state index in [1.165, 1.54) is 22.5 Å². The molecule has 1 amide bonds. The molecule has 1 aliphatic heterocycles. The molecule has 11 heteroatoms. The van der Waals surface area contributed by atoms with Gasteiger partial charge in [-0.3, -0.25) is 4.79 Å². The van der Waals surface area contributed by atoms with Crippen molar-refractivity contribution in [2.24, 2.45) is 0 Å². The van der Waals surface area contributed by atoms with Gasteiger partial charge in [0, 0.05) is 44.8 Å². The molecule has 0 atom stereocenters. The van der Waals surface area contributed by atoms with Gasteiger partial charge in [0.05, 0.1) is 10.5 Å². The largest absolute Gasteiger partial charge is 0.416 e. The van der Waals surface area contributed by atoms with Gasteiger partial charge in [0.1, 0.15) is 5.82 Å². The molecule has 1 aliphatic rings. The van der Waals surface area contributed by atoms with E-state index in [9.17, 15) is 30.8 Å². The molecular formula is C20H21F4N3O3S. The van der Waals surface area contributed by atoms with Gasteiger partial charge in [-0.25, -0.2) is 12.8 Å². The Morgan fingerprint density at radius 3 is 2.23 bits per heavy atom. The van der Waals surface area contributed by atoms with E-state index < -0.39 is 27.6 Å². The predicted molar refractivity (Wildman–Crippen MR) is 106 cm³/mol. The first-order chi connectivity index (χ1) is 14.6. The summed E-state index contributed by atoms with van der Waals surface area (Å²) in [6.45, 7) is 1.49. The first-order valence-corrected chi connectivity index (χ1v) is 10.9. The van der Waals surface area contributed by atoms with Crippen LogP contribution in [0.1, 0.15) is 12.0 Å². The van der Waals surface area contributed by atoms with E-state index in [4.69, 9.17) is 0 Å². The highest BCUT2D eigenvalue weighted by molar-refractivity contribution is 7.89. The molecule has 31 heavy (non-hydrogen) atoms. The lowest BCUT2D eigenvalue weighted by atomic mass is 10.2. The Hall–Kier alpha value is -2.50. The third kappa shape index (κ3) is 6.02. The number of carbonyl (C=O) groups excluding carboxylic acids is 1. The van der Waals surface area contributed by atoms with Crippen LogP contribution in [0.3, 0.4) is 0 Å². The lowest BCUT2D eigenvalue weighted by Gasteiger charge is -2.33. The van der Waals surface area contributed by atoms with Gasteiger partial charge in [-0.1, -0.05) is 6.07 Å². The summed E-state index contributed by atoms with van der Waals surface area (Å²) in [6.07, 6.45) is -4.38. The van der Waals surface area contributed by atoms with E-state index in [2.05, 4.69) is 5.32 Å². The highest BCUT2D eigenvalue weighted by Gasteiger charge is 2.32. The number of amides is 1. The predicted octanol–water partition coefficient (Wildman–Crippen LogP) is 3.18. The van der Waals surface area contributed by atoms with E-state index in [1.54, 1.807) is 6.07 Å². The van der Waals surface area contributed by atoms with Crippen LogP contribution in [-0.2, 0) is 21.0 Å². The monoisotopic (exact) mass is 459 g/mol. The second-order valence-corrected chi connectivity index (χ2v) is 9.01. The van der Waals surface area contributed by atoms with Crippen LogP contribution in [0.15, 0.2) is 53.4 Å². The van der Waals surface area contributed by atoms with E-state index in [0.29, 0.717) is 25.3 Å². The third-order valence-corrected chi connectivity index (χ3v) is 6.83. The number of alkyl halides is 3. The van der Waals surface area contributed by atoms with Crippen molar-refractivity contribution in [3.63, 3.8) is 0 Å². The van der Waals surface area contributed by atoms with Crippen LogP contribution in [0.25, 0.3) is 0 Å². The topological polar surface area (TPSA) is 69.7 Å². The Balaban J connectivity index is 1.50.